The number of fused-ring (bicyclic) bond motifs is 1. The minimum Gasteiger partial charge on any atom is -0.487 e. The van der Waals surface area contributed by atoms with Gasteiger partial charge in [-0.2, -0.15) is 0 Å². The highest BCUT2D eigenvalue weighted by molar-refractivity contribution is 7.90. The first-order valence-corrected chi connectivity index (χ1v) is 11.6. The summed E-state index contributed by atoms with van der Waals surface area (Å²) in [6.45, 7) is 9.22. The van der Waals surface area contributed by atoms with Crippen molar-refractivity contribution >= 4 is 21.8 Å². The Morgan fingerprint density at radius 1 is 1.13 bits per heavy atom. The van der Waals surface area contributed by atoms with Gasteiger partial charge in [-0.3, -0.25) is 14.5 Å². The molecule has 0 atom stereocenters. The van der Waals surface area contributed by atoms with Gasteiger partial charge in [0.25, 0.3) is 10.0 Å². The standard InChI is InChI=1S/C23H29N3O4S/c1-14-15(2)21(16(3)18-11-12-23(4,5)30-20(14)18)31(28,29)26-22(25-13-19(24)27)17-9-7-6-8-10-17/h6-10H,11-13H2,1-5H3,(H2,24,27)(H,25,26). The van der Waals surface area contributed by atoms with Gasteiger partial charge in [0.1, 0.15) is 23.7 Å². The van der Waals surface area contributed by atoms with Crippen LogP contribution in [-0.2, 0) is 21.2 Å². The van der Waals surface area contributed by atoms with E-state index in [2.05, 4.69) is 9.71 Å². The van der Waals surface area contributed by atoms with E-state index in [4.69, 9.17) is 10.5 Å². The number of hydrogen-bond donors (Lipinski definition) is 2. The maximum atomic E-state index is 13.5. The molecular weight excluding hydrogens is 414 g/mol. The third-order valence-electron chi connectivity index (χ3n) is 5.61. The number of nitrogens with one attached hydrogen (secondary N) is 1. The van der Waals surface area contributed by atoms with Gasteiger partial charge in [-0.1, -0.05) is 30.3 Å². The van der Waals surface area contributed by atoms with Gasteiger partial charge in [0, 0.05) is 5.56 Å². The Morgan fingerprint density at radius 2 is 1.77 bits per heavy atom. The van der Waals surface area contributed by atoms with Crippen LogP contribution in [0.25, 0.3) is 0 Å². The van der Waals surface area contributed by atoms with Crippen molar-refractivity contribution in [1.29, 1.82) is 0 Å². The number of amides is 1. The van der Waals surface area contributed by atoms with Crippen LogP contribution in [-0.4, -0.2) is 32.3 Å². The summed E-state index contributed by atoms with van der Waals surface area (Å²) in [7, 11) is -3.99. The number of aliphatic imine (C=N–C) groups is 1. The average molecular weight is 444 g/mol. The number of benzene rings is 2. The van der Waals surface area contributed by atoms with E-state index >= 15 is 0 Å². The van der Waals surface area contributed by atoms with E-state index in [-0.39, 0.29) is 22.9 Å². The predicted molar refractivity (Wildman–Crippen MR) is 121 cm³/mol. The molecule has 0 fully saturated rings. The first-order valence-electron chi connectivity index (χ1n) is 10.2. The van der Waals surface area contributed by atoms with Crippen LogP contribution in [0.3, 0.4) is 0 Å². The smallest absolute Gasteiger partial charge is 0.263 e. The van der Waals surface area contributed by atoms with E-state index in [1.54, 1.807) is 31.2 Å². The number of amidine groups is 1. The Morgan fingerprint density at radius 3 is 2.39 bits per heavy atom. The average Bonchev–Trinajstić information content (AvgIpc) is 2.69. The van der Waals surface area contributed by atoms with Gasteiger partial charge in [-0.15, -0.1) is 0 Å². The molecule has 2 aromatic rings. The number of sulfonamides is 1. The Kier molecular flexibility index (Phi) is 6.14. The van der Waals surface area contributed by atoms with E-state index in [0.717, 1.165) is 29.7 Å². The van der Waals surface area contributed by atoms with E-state index in [1.807, 2.05) is 33.8 Å². The molecule has 0 unspecified atom stereocenters. The molecule has 0 bridgehead atoms. The van der Waals surface area contributed by atoms with Crippen LogP contribution in [0, 0.1) is 20.8 Å². The Hall–Kier alpha value is -2.87. The quantitative estimate of drug-likeness (QED) is 0.547. The molecule has 0 radical (unpaired) electrons. The van der Waals surface area contributed by atoms with Crippen molar-refractivity contribution in [2.24, 2.45) is 10.7 Å². The monoisotopic (exact) mass is 443 g/mol. The number of primary amides is 1. The van der Waals surface area contributed by atoms with Gasteiger partial charge in [0.2, 0.25) is 5.91 Å². The molecular formula is C23H29N3O4S. The molecule has 1 aliphatic heterocycles. The lowest BCUT2D eigenvalue weighted by Crippen LogP contribution is -2.36. The van der Waals surface area contributed by atoms with Gasteiger partial charge in [-0.25, -0.2) is 8.42 Å². The Balaban J connectivity index is 2.10. The van der Waals surface area contributed by atoms with Crippen molar-refractivity contribution in [1.82, 2.24) is 4.72 Å². The van der Waals surface area contributed by atoms with Crippen LogP contribution < -0.4 is 15.2 Å². The van der Waals surface area contributed by atoms with Crippen LogP contribution in [0.5, 0.6) is 5.75 Å². The highest BCUT2D eigenvalue weighted by atomic mass is 32.2. The Bertz CT molecular complexity index is 1150. The second-order valence-electron chi connectivity index (χ2n) is 8.48. The molecule has 3 N–H and O–H groups in total. The lowest BCUT2D eigenvalue weighted by Gasteiger charge is -2.35. The highest BCUT2D eigenvalue weighted by Gasteiger charge is 2.33. The summed E-state index contributed by atoms with van der Waals surface area (Å²) in [5.74, 6) is 0.200. The summed E-state index contributed by atoms with van der Waals surface area (Å²) in [6.07, 6.45) is 1.53. The number of ether oxygens (including phenoxy) is 1. The number of carbonyl (C=O) groups is 1. The first-order chi connectivity index (χ1) is 14.4. The number of hydrogen-bond acceptors (Lipinski definition) is 5. The molecule has 31 heavy (non-hydrogen) atoms. The molecule has 1 heterocycles. The predicted octanol–water partition coefficient (Wildman–Crippen LogP) is 2.93. The van der Waals surface area contributed by atoms with Crippen LogP contribution in [0.2, 0.25) is 0 Å². The maximum absolute atomic E-state index is 13.5. The third kappa shape index (κ3) is 4.74. The summed E-state index contributed by atoms with van der Waals surface area (Å²) < 4.78 is 35.8. The highest BCUT2D eigenvalue weighted by Crippen LogP contribution is 2.42. The van der Waals surface area contributed by atoms with Gasteiger partial charge in [0.15, 0.2) is 0 Å². The zero-order valence-electron chi connectivity index (χ0n) is 18.6. The summed E-state index contributed by atoms with van der Waals surface area (Å²) in [6, 6.07) is 8.78. The van der Waals surface area contributed by atoms with Gasteiger partial charge >= 0.3 is 0 Å². The first kappa shape index (κ1) is 22.8. The minimum atomic E-state index is -3.99. The molecule has 0 spiro atoms. The van der Waals surface area contributed by atoms with Crippen molar-refractivity contribution in [2.75, 3.05) is 6.54 Å². The Labute approximate surface area is 183 Å². The van der Waals surface area contributed by atoms with Crippen LogP contribution in [0.1, 0.15) is 48.1 Å². The fraction of sp³-hybridized carbons (Fsp3) is 0.391. The molecule has 0 saturated heterocycles. The molecule has 0 aromatic heterocycles. The van der Waals surface area contributed by atoms with E-state index in [1.165, 1.54) is 0 Å². The molecule has 2 aromatic carbocycles. The molecule has 0 saturated carbocycles. The number of nitrogens with two attached hydrogens (primary N) is 1. The second kappa shape index (κ2) is 8.34. The molecule has 7 nitrogen and oxygen atoms in total. The van der Waals surface area contributed by atoms with Crippen LogP contribution in [0.4, 0.5) is 0 Å². The minimum absolute atomic E-state index is 0.0750. The van der Waals surface area contributed by atoms with Crippen molar-refractivity contribution in [3.05, 3.63) is 58.1 Å². The lowest BCUT2D eigenvalue weighted by atomic mass is 9.88. The number of carbonyl (C=O) groups excluding carboxylic acids is 1. The SMILES string of the molecule is Cc1c(C)c(S(=O)(=O)NC(=NCC(N)=O)c2ccccc2)c(C)c2c1OC(C)(C)CC2. The second-order valence-corrected chi connectivity index (χ2v) is 10.1. The topological polar surface area (TPSA) is 111 Å². The summed E-state index contributed by atoms with van der Waals surface area (Å²) >= 11 is 0. The summed E-state index contributed by atoms with van der Waals surface area (Å²) in [4.78, 5) is 15.6. The zero-order valence-corrected chi connectivity index (χ0v) is 19.4. The van der Waals surface area contributed by atoms with Crippen LogP contribution >= 0.6 is 0 Å². The largest absolute Gasteiger partial charge is 0.487 e. The van der Waals surface area contributed by atoms with Gasteiger partial charge in [-0.05, 0) is 69.7 Å². The molecule has 1 amide bonds. The zero-order chi connectivity index (χ0) is 23.0. The van der Waals surface area contributed by atoms with Crippen molar-refractivity contribution in [3.8, 4) is 5.75 Å². The van der Waals surface area contributed by atoms with Crippen molar-refractivity contribution < 1.29 is 17.9 Å². The van der Waals surface area contributed by atoms with Crippen molar-refractivity contribution in [3.63, 3.8) is 0 Å². The molecule has 8 heteroatoms. The normalized spacial score (nSPS) is 15.7. The van der Waals surface area contributed by atoms with Crippen molar-refractivity contribution in [2.45, 2.75) is 58.0 Å². The molecule has 0 aliphatic carbocycles. The maximum Gasteiger partial charge on any atom is 0.263 e. The molecule has 1 aliphatic rings. The summed E-state index contributed by atoms with van der Waals surface area (Å²) in [5, 5.41) is 0. The van der Waals surface area contributed by atoms with E-state index < -0.39 is 15.9 Å². The fourth-order valence-electron chi connectivity index (χ4n) is 3.86. The fourth-order valence-corrected chi connectivity index (χ4v) is 5.49. The summed E-state index contributed by atoms with van der Waals surface area (Å²) in [5.41, 5.74) is 8.49. The van der Waals surface area contributed by atoms with E-state index in [0.29, 0.717) is 16.7 Å². The van der Waals surface area contributed by atoms with Gasteiger partial charge in [0.05, 0.1) is 4.90 Å². The number of nitrogens with zero attached hydrogens (tertiary/aromatic N) is 1. The van der Waals surface area contributed by atoms with E-state index in [9.17, 15) is 13.2 Å². The van der Waals surface area contributed by atoms with Crippen LogP contribution in [0.15, 0.2) is 40.2 Å². The molecule has 3 rings (SSSR count). The number of rotatable bonds is 5. The molecule has 166 valence electrons. The third-order valence-corrected chi connectivity index (χ3v) is 7.22. The van der Waals surface area contributed by atoms with Gasteiger partial charge < -0.3 is 10.5 Å². The lowest BCUT2D eigenvalue weighted by molar-refractivity contribution is -0.116.